The van der Waals surface area contributed by atoms with Gasteiger partial charge in [0.2, 0.25) is 5.43 Å². The Labute approximate surface area is 304 Å². The molecule has 270 valence electrons. The molecule has 4 aromatic rings. The van der Waals surface area contributed by atoms with Gasteiger partial charge in [0.1, 0.15) is 0 Å². The first-order valence-electron chi connectivity index (χ1n) is 18.5. The van der Waals surface area contributed by atoms with Gasteiger partial charge in [0.15, 0.2) is 22.0 Å². The van der Waals surface area contributed by atoms with Crippen molar-refractivity contribution in [3.63, 3.8) is 0 Å². The molecule has 1 unspecified atom stereocenters. The Morgan fingerprint density at radius 2 is 0.961 bits per heavy atom. The van der Waals surface area contributed by atoms with Crippen LogP contribution in [-0.2, 0) is 0 Å². The largest absolute Gasteiger partial charge is 0.504 e. The van der Waals surface area contributed by atoms with Crippen molar-refractivity contribution in [2.45, 2.75) is 117 Å². The number of aromatic hydroxyl groups is 1. The van der Waals surface area contributed by atoms with Crippen LogP contribution >= 0.6 is 0 Å². The van der Waals surface area contributed by atoms with E-state index in [2.05, 4.69) is 33.8 Å². The van der Waals surface area contributed by atoms with Crippen LogP contribution in [0.25, 0.3) is 0 Å². The summed E-state index contributed by atoms with van der Waals surface area (Å²) in [6.45, 7) is 14.0. The zero-order chi connectivity index (χ0) is 37.5. The van der Waals surface area contributed by atoms with Gasteiger partial charge in [-0.2, -0.15) is 0 Å². The number of rotatable bonds is 5. The Bertz CT molecular complexity index is 1910. The Morgan fingerprint density at radius 3 is 1.45 bits per heavy atom. The highest BCUT2D eigenvalue weighted by Gasteiger charge is 2.23. The third kappa shape index (κ3) is 13.5. The summed E-state index contributed by atoms with van der Waals surface area (Å²) in [4.78, 5) is 45.5. The van der Waals surface area contributed by atoms with Gasteiger partial charge in [0, 0.05) is 0 Å². The minimum absolute atomic E-state index is 0.128. The Balaban J connectivity index is 0.000000184. The van der Waals surface area contributed by atoms with Gasteiger partial charge in [-0.15, -0.1) is 0 Å². The SMILES string of the molecule is CCC(C)c1cccc(C)c(=O)c1.Cc1cccc(C(C)C)cc1=O.Cc1cccc(C2CCCC2)cc1=O.O=c1cc(C2CC2)cccc1O. The van der Waals surface area contributed by atoms with E-state index in [1.54, 1.807) is 18.2 Å². The summed E-state index contributed by atoms with van der Waals surface area (Å²) in [7, 11) is 0. The van der Waals surface area contributed by atoms with Gasteiger partial charge in [0.05, 0.1) is 0 Å². The third-order valence-corrected chi connectivity index (χ3v) is 9.78. The van der Waals surface area contributed by atoms with E-state index < -0.39 is 0 Å². The van der Waals surface area contributed by atoms with Gasteiger partial charge in [0.25, 0.3) is 0 Å². The van der Waals surface area contributed by atoms with Crippen LogP contribution in [-0.4, -0.2) is 5.11 Å². The molecule has 0 saturated heterocycles. The molecule has 2 fully saturated rings. The van der Waals surface area contributed by atoms with Crippen LogP contribution in [0.3, 0.4) is 0 Å². The monoisotopic (exact) mass is 688 g/mol. The molecule has 51 heavy (non-hydrogen) atoms. The topological polar surface area (TPSA) is 88.5 Å². The summed E-state index contributed by atoms with van der Waals surface area (Å²) in [6, 6.07) is 29.6. The van der Waals surface area contributed by atoms with Gasteiger partial charge < -0.3 is 5.11 Å². The lowest BCUT2D eigenvalue weighted by molar-refractivity contribution is 0.471. The molecule has 6 rings (SSSR count). The lowest BCUT2D eigenvalue weighted by Gasteiger charge is -2.05. The van der Waals surface area contributed by atoms with E-state index in [9.17, 15) is 19.2 Å². The molecule has 5 heteroatoms. The van der Waals surface area contributed by atoms with Gasteiger partial charge in [-0.3, -0.25) is 19.2 Å². The summed E-state index contributed by atoms with van der Waals surface area (Å²) in [5.41, 5.74) is 7.17. The van der Waals surface area contributed by atoms with Crippen molar-refractivity contribution in [3.05, 3.63) is 177 Å². The Hall–Kier alpha value is -4.64. The second-order valence-electron chi connectivity index (χ2n) is 14.3. The summed E-state index contributed by atoms with van der Waals surface area (Å²) < 4.78 is 0. The first-order chi connectivity index (χ1) is 24.3. The van der Waals surface area contributed by atoms with Crippen LogP contribution in [0.4, 0.5) is 0 Å². The van der Waals surface area contributed by atoms with Crippen LogP contribution in [0.2, 0.25) is 0 Å². The minimum atomic E-state index is -0.276. The maximum Gasteiger partial charge on any atom is 0.220 e. The van der Waals surface area contributed by atoms with Gasteiger partial charge >= 0.3 is 0 Å². The Kier molecular flexibility index (Phi) is 16.2. The van der Waals surface area contributed by atoms with Crippen LogP contribution in [0, 0.1) is 20.8 Å². The highest BCUT2D eigenvalue weighted by atomic mass is 16.3. The minimum Gasteiger partial charge on any atom is -0.504 e. The van der Waals surface area contributed by atoms with Gasteiger partial charge in [-0.25, -0.2) is 0 Å². The molecule has 2 aliphatic rings. The average Bonchev–Trinajstić information content (AvgIpc) is 3.92. The quantitative estimate of drug-likeness (QED) is 0.226. The average molecular weight is 689 g/mol. The molecule has 0 spiro atoms. The van der Waals surface area contributed by atoms with Crippen molar-refractivity contribution in [1.82, 2.24) is 0 Å². The van der Waals surface area contributed by atoms with Crippen molar-refractivity contribution in [2.24, 2.45) is 0 Å². The van der Waals surface area contributed by atoms with Gasteiger partial charge in [-0.05, 0) is 146 Å². The van der Waals surface area contributed by atoms with Crippen molar-refractivity contribution in [3.8, 4) is 5.75 Å². The highest BCUT2D eigenvalue weighted by molar-refractivity contribution is 5.28. The van der Waals surface area contributed by atoms with E-state index >= 15 is 0 Å². The molecule has 5 nitrogen and oxygen atoms in total. The molecule has 2 saturated carbocycles. The number of hydrogen-bond acceptors (Lipinski definition) is 5. The first kappa shape index (κ1) is 40.8. The molecule has 0 bridgehead atoms. The maximum absolute atomic E-state index is 11.6. The molecule has 4 aromatic carbocycles. The van der Waals surface area contributed by atoms with Crippen molar-refractivity contribution >= 4 is 0 Å². The zero-order valence-corrected chi connectivity index (χ0v) is 31.6. The summed E-state index contributed by atoms with van der Waals surface area (Å²) in [5, 5.41) is 9.09. The van der Waals surface area contributed by atoms with Crippen molar-refractivity contribution < 1.29 is 5.11 Å². The summed E-state index contributed by atoms with van der Waals surface area (Å²) >= 11 is 0. The second kappa shape index (κ2) is 20.3. The van der Waals surface area contributed by atoms with Crippen molar-refractivity contribution in [1.29, 1.82) is 0 Å². The van der Waals surface area contributed by atoms with E-state index in [1.807, 2.05) is 81.4 Å². The molecule has 0 radical (unpaired) electrons. The predicted molar refractivity (Wildman–Crippen MR) is 213 cm³/mol. The standard InChI is InChI=1S/C13H16O.C12H16O.C11H14O.C10H10O2/c1-10-5-4-8-12(9-13(10)14)11-6-2-3-7-11;1-4-9(2)11-7-5-6-10(3)12(13)8-11;1-8(2)10-6-4-5-9(3)11(12)7-10;11-9-3-1-2-8(6-10(9)12)7-4-5-7/h4-5,8-9,11H,2-3,6-7H2,1H3;5-9H,4H2,1-3H3;4-8H,1-3H3;1-3,6-7H,4-5H2,(H,11,12). The fourth-order valence-electron chi connectivity index (χ4n) is 5.79. The molecular formula is C46H56O5. The van der Waals surface area contributed by atoms with Crippen LogP contribution < -0.4 is 21.7 Å². The summed E-state index contributed by atoms with van der Waals surface area (Å²) in [5.74, 6) is 1.92. The third-order valence-electron chi connectivity index (χ3n) is 9.78. The van der Waals surface area contributed by atoms with E-state index in [-0.39, 0.29) is 27.5 Å². The fourth-order valence-corrected chi connectivity index (χ4v) is 5.79. The normalized spacial score (nSPS) is 14.1. The van der Waals surface area contributed by atoms with Crippen LogP contribution in [0.1, 0.15) is 135 Å². The van der Waals surface area contributed by atoms with E-state index in [1.165, 1.54) is 56.2 Å². The van der Waals surface area contributed by atoms with E-state index in [4.69, 9.17) is 5.11 Å². The zero-order valence-electron chi connectivity index (χ0n) is 31.6. The first-order valence-corrected chi connectivity index (χ1v) is 18.5. The molecule has 0 aromatic heterocycles. The molecule has 0 heterocycles. The molecular weight excluding hydrogens is 633 g/mol. The van der Waals surface area contributed by atoms with E-state index in [0.29, 0.717) is 23.7 Å². The fraction of sp³-hybridized carbons (Fsp3) is 0.391. The molecule has 0 aliphatic heterocycles. The lowest BCUT2D eigenvalue weighted by Crippen LogP contribution is -2.01. The molecule has 2 aliphatic carbocycles. The number of aryl methyl sites for hydroxylation is 3. The molecule has 1 atom stereocenters. The van der Waals surface area contributed by atoms with Crippen molar-refractivity contribution in [2.75, 3.05) is 0 Å². The van der Waals surface area contributed by atoms with E-state index in [0.717, 1.165) is 39.8 Å². The predicted octanol–water partition coefficient (Wildman–Crippen LogP) is 9.99. The highest BCUT2D eigenvalue weighted by Crippen LogP contribution is 2.39. The maximum atomic E-state index is 11.6. The summed E-state index contributed by atoms with van der Waals surface area (Å²) in [6.07, 6.45) is 8.55. The second-order valence-corrected chi connectivity index (χ2v) is 14.3. The molecule has 1 N–H and O–H groups in total. The Morgan fingerprint density at radius 1 is 0.549 bits per heavy atom. The number of hydrogen-bond donors (Lipinski definition) is 1. The van der Waals surface area contributed by atoms with Crippen LogP contribution in [0.15, 0.2) is 116 Å². The van der Waals surface area contributed by atoms with Gasteiger partial charge in [-0.1, -0.05) is 107 Å². The lowest BCUT2D eigenvalue weighted by atomic mass is 9.99. The molecule has 0 amide bonds. The van der Waals surface area contributed by atoms with Crippen LogP contribution in [0.5, 0.6) is 5.75 Å². The smallest absolute Gasteiger partial charge is 0.220 e.